The Kier molecular flexibility index (Phi) is 7.50. The van der Waals surface area contributed by atoms with Crippen LogP contribution < -0.4 is 15.4 Å². The highest BCUT2D eigenvalue weighted by Crippen LogP contribution is 2.29. The third-order valence-corrected chi connectivity index (χ3v) is 6.95. The van der Waals surface area contributed by atoms with Gasteiger partial charge in [-0.2, -0.15) is 0 Å². The predicted molar refractivity (Wildman–Crippen MR) is 120 cm³/mol. The molecule has 32 heavy (non-hydrogen) atoms. The van der Waals surface area contributed by atoms with Crippen LogP contribution in [0.2, 0.25) is 0 Å². The van der Waals surface area contributed by atoms with Gasteiger partial charge in [0.25, 0.3) is 10.0 Å². The number of amides is 2. The van der Waals surface area contributed by atoms with Crippen LogP contribution in [0.1, 0.15) is 44.6 Å². The molecule has 0 heterocycles. The average Bonchev–Trinajstić information content (AvgIpc) is 2.76. The minimum absolute atomic E-state index is 0.0505. The quantitative estimate of drug-likeness (QED) is 0.562. The van der Waals surface area contributed by atoms with Gasteiger partial charge in [0, 0.05) is 12.2 Å². The van der Waals surface area contributed by atoms with Crippen LogP contribution in [0.5, 0.6) is 0 Å². The van der Waals surface area contributed by atoms with Crippen molar-refractivity contribution in [2.45, 2.75) is 55.9 Å². The second-order valence-corrected chi connectivity index (χ2v) is 9.67. The first kappa shape index (κ1) is 23.7. The molecule has 2 aromatic carbocycles. The molecule has 0 aliphatic heterocycles. The number of rotatable bonds is 8. The molecule has 0 radical (unpaired) electrons. The van der Waals surface area contributed by atoms with Crippen molar-refractivity contribution in [3.05, 3.63) is 59.9 Å². The van der Waals surface area contributed by atoms with Gasteiger partial charge in [0.1, 0.15) is 11.4 Å². The number of hydrogen-bond acceptors (Lipinski definition) is 4. The molecule has 0 aromatic heterocycles. The maximum atomic E-state index is 13.0. The number of nitrogens with one attached hydrogen (secondary N) is 3. The summed E-state index contributed by atoms with van der Waals surface area (Å²) < 4.78 is 40.3. The van der Waals surface area contributed by atoms with E-state index in [1.807, 2.05) is 6.92 Å². The summed E-state index contributed by atoms with van der Waals surface area (Å²) in [7, 11) is -3.85. The summed E-state index contributed by atoms with van der Waals surface area (Å²) >= 11 is 0. The number of sulfonamides is 1. The normalized spacial score (nSPS) is 15.6. The molecule has 1 saturated carbocycles. The van der Waals surface area contributed by atoms with E-state index >= 15 is 0 Å². The highest BCUT2D eigenvalue weighted by molar-refractivity contribution is 7.92. The number of carbonyl (C=O) groups is 2. The highest BCUT2D eigenvalue weighted by Gasteiger charge is 2.40. The molecule has 0 spiro atoms. The van der Waals surface area contributed by atoms with Crippen LogP contribution in [0, 0.1) is 5.82 Å². The number of benzene rings is 2. The topological polar surface area (TPSA) is 104 Å². The first-order chi connectivity index (χ1) is 15.2. The number of hydrogen-bond donors (Lipinski definition) is 3. The Balaban J connectivity index is 1.64. The Labute approximate surface area is 187 Å². The SMILES string of the molecule is CCNC(=O)C1(NC(=O)Cc2ccc(NS(=O)(=O)c3ccc(F)cc3)cc2)CCCCC1. The van der Waals surface area contributed by atoms with Gasteiger partial charge in [0.05, 0.1) is 11.3 Å². The second kappa shape index (κ2) is 10.1. The van der Waals surface area contributed by atoms with Gasteiger partial charge in [0.15, 0.2) is 0 Å². The van der Waals surface area contributed by atoms with Crippen molar-refractivity contribution in [1.29, 1.82) is 0 Å². The molecular weight excluding hydrogens is 433 g/mol. The van der Waals surface area contributed by atoms with Gasteiger partial charge in [-0.1, -0.05) is 31.4 Å². The Morgan fingerprint density at radius 2 is 1.59 bits per heavy atom. The lowest BCUT2D eigenvalue weighted by Gasteiger charge is -2.36. The van der Waals surface area contributed by atoms with Crippen LogP contribution in [0.15, 0.2) is 53.4 Å². The summed E-state index contributed by atoms with van der Waals surface area (Å²) in [5, 5.41) is 5.78. The van der Waals surface area contributed by atoms with Crippen molar-refractivity contribution in [1.82, 2.24) is 10.6 Å². The van der Waals surface area contributed by atoms with Gasteiger partial charge in [-0.15, -0.1) is 0 Å². The third kappa shape index (κ3) is 5.85. The molecule has 1 aliphatic rings. The van der Waals surface area contributed by atoms with E-state index in [2.05, 4.69) is 15.4 Å². The number of halogens is 1. The van der Waals surface area contributed by atoms with Crippen LogP contribution in [0.3, 0.4) is 0 Å². The first-order valence-corrected chi connectivity index (χ1v) is 12.2. The smallest absolute Gasteiger partial charge is 0.261 e. The molecule has 2 aromatic rings. The molecular formula is C23H28FN3O4S. The first-order valence-electron chi connectivity index (χ1n) is 10.7. The van der Waals surface area contributed by atoms with Crippen molar-refractivity contribution in [3.8, 4) is 0 Å². The molecule has 0 atom stereocenters. The fraction of sp³-hybridized carbons (Fsp3) is 0.391. The lowest BCUT2D eigenvalue weighted by Crippen LogP contribution is -2.60. The molecule has 0 saturated heterocycles. The van der Waals surface area contributed by atoms with Crippen molar-refractivity contribution in [2.75, 3.05) is 11.3 Å². The zero-order valence-electron chi connectivity index (χ0n) is 18.0. The van der Waals surface area contributed by atoms with Crippen LogP contribution in [-0.4, -0.2) is 32.3 Å². The highest BCUT2D eigenvalue weighted by atomic mass is 32.2. The molecule has 1 aliphatic carbocycles. The summed E-state index contributed by atoms with van der Waals surface area (Å²) in [4.78, 5) is 25.2. The van der Waals surface area contributed by atoms with Crippen molar-refractivity contribution < 1.29 is 22.4 Å². The van der Waals surface area contributed by atoms with Gasteiger partial charge >= 0.3 is 0 Å². The van der Waals surface area contributed by atoms with E-state index in [1.165, 1.54) is 12.1 Å². The lowest BCUT2D eigenvalue weighted by atomic mass is 9.80. The number of carbonyl (C=O) groups excluding carboxylic acids is 2. The summed E-state index contributed by atoms with van der Waals surface area (Å²) in [6.07, 6.45) is 4.14. The Bertz CT molecular complexity index is 1050. The zero-order chi connectivity index (χ0) is 23.2. The number of likely N-dealkylation sites (N-methyl/N-ethyl adjacent to an activating group) is 1. The Hall–Kier alpha value is -2.94. The Morgan fingerprint density at radius 1 is 0.969 bits per heavy atom. The van der Waals surface area contributed by atoms with Crippen molar-refractivity contribution in [2.24, 2.45) is 0 Å². The zero-order valence-corrected chi connectivity index (χ0v) is 18.8. The van der Waals surface area contributed by atoms with Crippen LogP contribution in [0.4, 0.5) is 10.1 Å². The molecule has 0 unspecified atom stereocenters. The van der Waals surface area contributed by atoms with Crippen molar-refractivity contribution >= 4 is 27.5 Å². The minimum Gasteiger partial charge on any atom is -0.354 e. The van der Waals surface area contributed by atoms with Gasteiger partial charge in [-0.25, -0.2) is 12.8 Å². The van der Waals surface area contributed by atoms with Crippen molar-refractivity contribution in [3.63, 3.8) is 0 Å². The van der Waals surface area contributed by atoms with E-state index in [0.717, 1.165) is 31.4 Å². The number of anilines is 1. The fourth-order valence-electron chi connectivity index (χ4n) is 3.91. The van der Waals surface area contributed by atoms with E-state index in [4.69, 9.17) is 0 Å². The molecule has 7 nitrogen and oxygen atoms in total. The van der Waals surface area contributed by atoms with E-state index in [1.54, 1.807) is 24.3 Å². The van der Waals surface area contributed by atoms with Gasteiger partial charge in [0.2, 0.25) is 11.8 Å². The largest absolute Gasteiger partial charge is 0.354 e. The molecule has 9 heteroatoms. The second-order valence-electron chi connectivity index (χ2n) is 7.98. The summed E-state index contributed by atoms with van der Waals surface area (Å²) in [5.74, 6) is -0.912. The lowest BCUT2D eigenvalue weighted by molar-refractivity contribution is -0.134. The van der Waals surface area contributed by atoms with Gasteiger partial charge < -0.3 is 10.6 Å². The maximum absolute atomic E-state index is 13.0. The molecule has 3 N–H and O–H groups in total. The monoisotopic (exact) mass is 461 g/mol. The maximum Gasteiger partial charge on any atom is 0.261 e. The predicted octanol–water partition coefficient (Wildman–Crippen LogP) is 3.12. The van der Waals surface area contributed by atoms with Crippen LogP contribution in [0.25, 0.3) is 0 Å². The molecule has 3 rings (SSSR count). The van der Waals surface area contributed by atoms with Crippen LogP contribution in [-0.2, 0) is 26.0 Å². The molecule has 1 fully saturated rings. The van der Waals surface area contributed by atoms with Gasteiger partial charge in [-0.3, -0.25) is 14.3 Å². The summed E-state index contributed by atoms with van der Waals surface area (Å²) in [5.41, 5.74) is 0.148. The van der Waals surface area contributed by atoms with E-state index in [9.17, 15) is 22.4 Å². The third-order valence-electron chi connectivity index (χ3n) is 5.55. The minimum atomic E-state index is -3.85. The van der Waals surface area contributed by atoms with E-state index in [-0.39, 0.29) is 23.1 Å². The van der Waals surface area contributed by atoms with Crippen LogP contribution >= 0.6 is 0 Å². The van der Waals surface area contributed by atoms with Gasteiger partial charge in [-0.05, 0) is 61.7 Å². The Morgan fingerprint density at radius 3 is 2.19 bits per heavy atom. The fourth-order valence-corrected chi connectivity index (χ4v) is 4.97. The molecule has 0 bridgehead atoms. The summed E-state index contributed by atoms with van der Waals surface area (Å²) in [6, 6.07) is 11.0. The van der Waals surface area contributed by atoms with E-state index < -0.39 is 21.4 Å². The summed E-state index contributed by atoms with van der Waals surface area (Å²) in [6.45, 7) is 2.36. The molecule has 2 amide bonds. The standard InChI is InChI=1S/C23H28FN3O4S/c1-2-25-22(29)23(14-4-3-5-15-23)26-21(28)16-17-6-10-19(11-7-17)27-32(30,31)20-12-8-18(24)9-13-20/h6-13,27H,2-5,14-16H2,1H3,(H,25,29)(H,26,28). The van der Waals surface area contributed by atoms with E-state index in [0.29, 0.717) is 30.6 Å². The molecule has 172 valence electrons. The average molecular weight is 462 g/mol.